The number of aliphatic imine (C=N–C) groups is 1. The number of carbonyl (C=O) groups excluding carboxylic acids is 1. The molecule has 2 aromatic rings. The van der Waals surface area contributed by atoms with Crippen molar-refractivity contribution in [2.75, 3.05) is 7.11 Å². The quantitative estimate of drug-likeness (QED) is 0.657. The van der Waals surface area contributed by atoms with Crippen molar-refractivity contribution in [3.05, 3.63) is 70.7 Å². The summed E-state index contributed by atoms with van der Waals surface area (Å²) in [6, 6.07) is 12.3. The van der Waals surface area contributed by atoms with E-state index in [2.05, 4.69) is 15.3 Å². The van der Waals surface area contributed by atoms with Gasteiger partial charge in [0.15, 0.2) is 5.76 Å². The van der Waals surface area contributed by atoms with Crippen molar-refractivity contribution in [2.24, 2.45) is 4.99 Å². The third kappa shape index (κ3) is 3.47. The van der Waals surface area contributed by atoms with E-state index in [9.17, 15) is 9.90 Å². The van der Waals surface area contributed by atoms with Crippen molar-refractivity contribution in [1.82, 2.24) is 10.3 Å². The number of hydrogen-bond donors (Lipinski definition) is 1. The normalized spacial score (nSPS) is 20.3. The van der Waals surface area contributed by atoms with Crippen LogP contribution in [0.4, 0.5) is 5.69 Å². The van der Waals surface area contributed by atoms with Gasteiger partial charge in [0.2, 0.25) is 0 Å². The lowest BCUT2D eigenvalue weighted by Crippen LogP contribution is -2.40. The van der Waals surface area contributed by atoms with Gasteiger partial charge < -0.3 is 14.6 Å². The molecular formula is C19H17ClN3O3-. The molecular weight excluding hydrogens is 354 g/mol. The predicted octanol–water partition coefficient (Wildman–Crippen LogP) is 2.08. The van der Waals surface area contributed by atoms with Gasteiger partial charge in [-0.2, -0.15) is 0 Å². The zero-order valence-electron chi connectivity index (χ0n) is 14.3. The van der Waals surface area contributed by atoms with Gasteiger partial charge in [0.25, 0.3) is 0 Å². The molecule has 1 aromatic heterocycles. The molecule has 1 aliphatic rings. The van der Waals surface area contributed by atoms with E-state index in [-0.39, 0.29) is 11.1 Å². The molecule has 2 unspecified atom stereocenters. The highest BCUT2D eigenvalue weighted by Crippen LogP contribution is 2.34. The average Bonchev–Trinajstić information content (AvgIpc) is 2.78. The van der Waals surface area contributed by atoms with Crippen LogP contribution in [0.2, 0.25) is 0 Å². The Hall–Kier alpha value is -2.70. The number of ether oxygens (including phenoxy) is 1. The van der Waals surface area contributed by atoms with E-state index in [0.717, 1.165) is 16.9 Å². The first-order valence-corrected chi connectivity index (χ1v) is 8.36. The van der Waals surface area contributed by atoms with Gasteiger partial charge in [0.05, 0.1) is 35.6 Å². The molecule has 0 radical (unpaired) electrons. The number of carboxylic acid groups (broad SMARTS) is 1. The molecule has 7 heteroatoms. The summed E-state index contributed by atoms with van der Waals surface area (Å²) >= 11 is 6.35. The molecule has 6 nitrogen and oxygen atoms in total. The Balaban J connectivity index is 2.14. The minimum atomic E-state index is -1.48. The summed E-state index contributed by atoms with van der Waals surface area (Å²) in [5.74, 6) is -1.91. The second kappa shape index (κ2) is 7.68. The fourth-order valence-corrected chi connectivity index (χ4v) is 3.30. The summed E-state index contributed by atoms with van der Waals surface area (Å²) in [4.78, 5) is 20.4. The van der Waals surface area contributed by atoms with Crippen molar-refractivity contribution in [3.8, 4) is 0 Å². The molecule has 1 aliphatic heterocycles. The Morgan fingerprint density at radius 1 is 1.23 bits per heavy atom. The van der Waals surface area contributed by atoms with E-state index >= 15 is 0 Å². The van der Waals surface area contributed by atoms with E-state index < -0.39 is 17.8 Å². The lowest BCUT2D eigenvalue weighted by Gasteiger charge is -2.25. The summed E-state index contributed by atoms with van der Waals surface area (Å²) in [5.41, 5.74) is 3.07. The molecule has 134 valence electrons. The number of pyridine rings is 1. The number of aliphatic carboxylic acids is 1. The zero-order valence-corrected chi connectivity index (χ0v) is 15.0. The number of halogens is 1. The molecule has 2 atom stereocenters. The smallest absolute Gasteiger partial charge is 0.158 e. The molecule has 3 rings (SSSR count). The number of methoxy groups -OCH3 is 1. The second-order valence-electron chi connectivity index (χ2n) is 5.77. The monoisotopic (exact) mass is 370 g/mol. The first-order valence-electron chi connectivity index (χ1n) is 7.99. The summed E-state index contributed by atoms with van der Waals surface area (Å²) in [6.07, 6.45) is 1.70. The maximum Gasteiger partial charge on any atom is 0.158 e. The van der Waals surface area contributed by atoms with Gasteiger partial charge in [-0.1, -0.05) is 35.9 Å². The Bertz CT molecular complexity index is 881. The van der Waals surface area contributed by atoms with Crippen LogP contribution in [0.5, 0.6) is 0 Å². The van der Waals surface area contributed by atoms with Gasteiger partial charge >= 0.3 is 0 Å². The van der Waals surface area contributed by atoms with E-state index in [1.807, 2.05) is 42.5 Å². The standard InChI is InChI=1S/C19H18ClN3O3/c1-11-16(15(20)18(26-2)19(24)25)23-17(14-9-5-6-10-21-14)12-7-3-4-8-13(12)22-11/h3-10,16-17,23H,1-2H3,(H,24,25)/p-1/b18-15-. The van der Waals surface area contributed by atoms with E-state index in [1.54, 1.807) is 13.1 Å². The molecule has 0 amide bonds. The van der Waals surface area contributed by atoms with Crippen molar-refractivity contribution in [3.63, 3.8) is 0 Å². The lowest BCUT2D eigenvalue weighted by atomic mass is 10.0. The third-order valence-corrected chi connectivity index (χ3v) is 4.53. The van der Waals surface area contributed by atoms with Crippen LogP contribution >= 0.6 is 11.6 Å². The Kier molecular flexibility index (Phi) is 5.35. The topological polar surface area (TPSA) is 86.6 Å². The highest BCUT2D eigenvalue weighted by atomic mass is 35.5. The molecule has 2 heterocycles. The number of benzene rings is 1. The molecule has 26 heavy (non-hydrogen) atoms. The maximum atomic E-state index is 11.3. The number of nitrogens with zero attached hydrogens (tertiary/aromatic N) is 2. The van der Waals surface area contributed by atoms with Gasteiger partial charge in [-0.05, 0) is 25.1 Å². The number of rotatable bonds is 4. The van der Waals surface area contributed by atoms with Crippen LogP contribution in [0.1, 0.15) is 24.2 Å². The third-order valence-electron chi connectivity index (χ3n) is 4.14. The van der Waals surface area contributed by atoms with Gasteiger partial charge in [0, 0.05) is 17.5 Å². The average molecular weight is 371 g/mol. The van der Waals surface area contributed by atoms with Gasteiger partial charge in [-0.3, -0.25) is 15.3 Å². The molecule has 1 N–H and O–H groups in total. The fraction of sp³-hybridized carbons (Fsp3) is 0.211. The van der Waals surface area contributed by atoms with Crippen LogP contribution in [0.3, 0.4) is 0 Å². The number of carbonyl (C=O) groups is 1. The number of nitrogens with one attached hydrogen (secondary N) is 1. The second-order valence-corrected chi connectivity index (χ2v) is 6.18. The maximum absolute atomic E-state index is 11.3. The summed E-state index contributed by atoms with van der Waals surface area (Å²) in [6.45, 7) is 1.78. The Morgan fingerprint density at radius 3 is 2.62 bits per heavy atom. The van der Waals surface area contributed by atoms with Crippen LogP contribution in [-0.2, 0) is 9.53 Å². The molecule has 0 fully saturated rings. The van der Waals surface area contributed by atoms with E-state index in [1.165, 1.54) is 7.11 Å². The number of carboxylic acids is 1. The van der Waals surface area contributed by atoms with Crippen molar-refractivity contribution >= 4 is 29.0 Å². The van der Waals surface area contributed by atoms with E-state index in [4.69, 9.17) is 16.3 Å². The van der Waals surface area contributed by atoms with Crippen molar-refractivity contribution in [2.45, 2.75) is 19.0 Å². The first-order chi connectivity index (χ1) is 12.5. The van der Waals surface area contributed by atoms with Gasteiger partial charge in [-0.15, -0.1) is 0 Å². The molecule has 0 saturated carbocycles. The summed E-state index contributed by atoms with van der Waals surface area (Å²) in [7, 11) is 1.24. The molecule has 0 saturated heterocycles. The minimum Gasteiger partial charge on any atom is -0.542 e. The summed E-state index contributed by atoms with van der Waals surface area (Å²) < 4.78 is 4.91. The van der Waals surface area contributed by atoms with Gasteiger partial charge in [0.1, 0.15) is 5.97 Å². The number of fused-ring (bicyclic) bond motifs is 1. The highest BCUT2D eigenvalue weighted by molar-refractivity contribution is 6.34. The molecule has 0 bridgehead atoms. The van der Waals surface area contributed by atoms with Crippen molar-refractivity contribution in [1.29, 1.82) is 0 Å². The van der Waals surface area contributed by atoms with Crippen LogP contribution in [-0.4, -0.2) is 29.8 Å². The molecule has 0 spiro atoms. The van der Waals surface area contributed by atoms with Crippen LogP contribution < -0.4 is 10.4 Å². The van der Waals surface area contributed by atoms with Crippen LogP contribution in [0.15, 0.2) is 64.4 Å². The highest BCUT2D eigenvalue weighted by Gasteiger charge is 2.30. The number of aromatic nitrogens is 1. The fourth-order valence-electron chi connectivity index (χ4n) is 2.92. The largest absolute Gasteiger partial charge is 0.542 e. The SMILES string of the molecule is CO/C(C(=O)[O-])=C(\Cl)C1NC(c2ccccn2)c2ccccc2N=C1C. The van der Waals surface area contributed by atoms with E-state index in [0.29, 0.717) is 5.71 Å². The molecule has 0 aliphatic carbocycles. The first kappa shape index (κ1) is 18.1. The zero-order chi connectivity index (χ0) is 18.7. The van der Waals surface area contributed by atoms with Gasteiger partial charge in [-0.25, -0.2) is 0 Å². The Labute approximate surface area is 156 Å². The number of para-hydroxylation sites is 1. The predicted molar refractivity (Wildman–Crippen MR) is 97.1 cm³/mol. The molecule has 1 aromatic carbocycles. The lowest BCUT2D eigenvalue weighted by molar-refractivity contribution is -0.303. The Morgan fingerprint density at radius 2 is 1.96 bits per heavy atom. The number of hydrogen-bond acceptors (Lipinski definition) is 6. The van der Waals surface area contributed by atoms with Crippen molar-refractivity contribution < 1.29 is 14.6 Å². The van der Waals surface area contributed by atoms with Crippen LogP contribution in [0.25, 0.3) is 0 Å². The minimum absolute atomic E-state index is 0.0255. The van der Waals surface area contributed by atoms with Crippen LogP contribution in [0, 0.1) is 0 Å². The summed E-state index contributed by atoms with van der Waals surface area (Å²) in [5, 5.41) is 14.6.